The Morgan fingerprint density at radius 1 is 1.45 bits per heavy atom. The molecule has 0 unspecified atom stereocenters. The lowest BCUT2D eigenvalue weighted by molar-refractivity contribution is -0.104. The van der Waals surface area contributed by atoms with Gasteiger partial charge in [-0.3, -0.25) is 4.90 Å². The van der Waals surface area contributed by atoms with Gasteiger partial charge in [-0.05, 0) is 12.8 Å². The van der Waals surface area contributed by atoms with Gasteiger partial charge in [0.2, 0.25) is 0 Å². The molecule has 0 aromatic rings. The monoisotopic (exact) mass is 156 g/mol. The zero-order valence-corrected chi connectivity index (χ0v) is 6.83. The summed E-state index contributed by atoms with van der Waals surface area (Å²) >= 11 is 0. The average molecular weight is 156 g/mol. The molecule has 0 amide bonds. The van der Waals surface area contributed by atoms with Crippen LogP contribution in [0, 0.1) is 0 Å². The van der Waals surface area contributed by atoms with E-state index >= 15 is 0 Å². The molecule has 3 saturated heterocycles. The highest BCUT2D eigenvalue weighted by molar-refractivity contribution is 4.86. The van der Waals surface area contributed by atoms with E-state index in [0.717, 1.165) is 26.2 Å². The summed E-state index contributed by atoms with van der Waals surface area (Å²) in [6.07, 6.45) is 3.07. The van der Waals surface area contributed by atoms with Crippen LogP contribution in [0.2, 0.25) is 0 Å². The first kappa shape index (κ1) is 7.53. The number of ether oxygens (including phenoxy) is 1. The maximum absolute atomic E-state index is 5.57. The van der Waals surface area contributed by atoms with Crippen LogP contribution in [0.5, 0.6) is 0 Å². The fourth-order valence-corrected chi connectivity index (χ4v) is 2.07. The zero-order chi connectivity index (χ0) is 7.68. The molecule has 0 aromatic carbocycles. The van der Waals surface area contributed by atoms with Gasteiger partial charge >= 0.3 is 0 Å². The van der Waals surface area contributed by atoms with E-state index in [4.69, 9.17) is 10.5 Å². The van der Waals surface area contributed by atoms with Crippen LogP contribution >= 0.6 is 0 Å². The minimum Gasteiger partial charge on any atom is -0.375 e. The molecule has 64 valence electrons. The first-order chi connectivity index (χ1) is 5.40. The van der Waals surface area contributed by atoms with Crippen LogP contribution in [0.4, 0.5) is 0 Å². The molecule has 0 saturated carbocycles. The number of nitrogens with zero attached hydrogens (tertiary/aromatic N) is 1. The van der Waals surface area contributed by atoms with Crippen LogP contribution in [0.15, 0.2) is 0 Å². The third kappa shape index (κ3) is 1.41. The molecule has 3 nitrogen and oxygen atoms in total. The minimum absolute atomic E-state index is 0.506. The summed E-state index contributed by atoms with van der Waals surface area (Å²) in [5.74, 6) is 0. The number of morpholine rings is 1. The average Bonchev–Trinajstić information content (AvgIpc) is 2.07. The lowest BCUT2D eigenvalue weighted by Gasteiger charge is -2.44. The second-order valence-electron chi connectivity index (χ2n) is 3.47. The van der Waals surface area contributed by atoms with E-state index in [1.165, 1.54) is 12.8 Å². The summed E-state index contributed by atoms with van der Waals surface area (Å²) < 4.78 is 5.57. The van der Waals surface area contributed by atoms with Gasteiger partial charge in [0.25, 0.3) is 0 Å². The van der Waals surface area contributed by atoms with Crippen molar-refractivity contribution >= 4 is 0 Å². The van der Waals surface area contributed by atoms with Crippen molar-refractivity contribution in [3.8, 4) is 0 Å². The van der Waals surface area contributed by atoms with Crippen molar-refractivity contribution in [3.05, 3.63) is 0 Å². The van der Waals surface area contributed by atoms with E-state index < -0.39 is 0 Å². The molecule has 3 heteroatoms. The second kappa shape index (κ2) is 3.09. The summed E-state index contributed by atoms with van der Waals surface area (Å²) in [6.45, 7) is 3.88. The molecule has 0 radical (unpaired) electrons. The number of fused-ring (bicyclic) bond motifs is 3. The SMILES string of the molecule is NCCN1C[C@H]2CC[C@@H]1CO2. The Balaban J connectivity index is 1.92. The quantitative estimate of drug-likeness (QED) is 0.602. The van der Waals surface area contributed by atoms with Crippen molar-refractivity contribution < 1.29 is 4.74 Å². The fraction of sp³-hybridized carbons (Fsp3) is 1.00. The van der Waals surface area contributed by atoms with Crippen molar-refractivity contribution in [1.82, 2.24) is 4.90 Å². The minimum atomic E-state index is 0.506. The number of rotatable bonds is 2. The van der Waals surface area contributed by atoms with E-state index in [-0.39, 0.29) is 0 Å². The predicted molar refractivity (Wildman–Crippen MR) is 43.4 cm³/mol. The standard InChI is InChI=1S/C8H16N2O/c9-3-4-10-5-8-2-1-7(10)6-11-8/h7-8H,1-6,9H2/t7-,8-/m1/s1. The van der Waals surface area contributed by atoms with Gasteiger partial charge in [-0.1, -0.05) is 0 Å². The Kier molecular flexibility index (Phi) is 2.11. The predicted octanol–water partition coefficient (Wildman–Crippen LogP) is -0.192. The molecule has 3 rings (SSSR count). The number of hydrogen-bond acceptors (Lipinski definition) is 3. The summed E-state index contributed by atoms with van der Waals surface area (Å²) in [4.78, 5) is 2.47. The van der Waals surface area contributed by atoms with Gasteiger partial charge < -0.3 is 10.5 Å². The van der Waals surface area contributed by atoms with Crippen molar-refractivity contribution in [2.45, 2.75) is 25.0 Å². The van der Waals surface area contributed by atoms with Crippen molar-refractivity contribution in [2.75, 3.05) is 26.2 Å². The summed E-state index contributed by atoms with van der Waals surface area (Å²) in [5, 5.41) is 0. The molecular weight excluding hydrogens is 140 g/mol. The molecule has 3 aliphatic heterocycles. The van der Waals surface area contributed by atoms with E-state index in [2.05, 4.69) is 4.90 Å². The molecule has 0 spiro atoms. The van der Waals surface area contributed by atoms with Crippen molar-refractivity contribution in [3.63, 3.8) is 0 Å². The smallest absolute Gasteiger partial charge is 0.0703 e. The molecule has 0 aromatic heterocycles. The van der Waals surface area contributed by atoms with Gasteiger partial charge in [-0.15, -0.1) is 0 Å². The van der Waals surface area contributed by atoms with Gasteiger partial charge in [-0.2, -0.15) is 0 Å². The molecule has 2 atom stereocenters. The lowest BCUT2D eigenvalue weighted by atomic mass is 9.97. The van der Waals surface area contributed by atoms with Gasteiger partial charge in [0, 0.05) is 25.7 Å². The molecule has 2 bridgehead atoms. The van der Waals surface area contributed by atoms with Gasteiger partial charge in [-0.25, -0.2) is 0 Å². The van der Waals surface area contributed by atoms with Crippen LogP contribution in [0.25, 0.3) is 0 Å². The maximum Gasteiger partial charge on any atom is 0.0703 e. The summed E-state index contributed by atoms with van der Waals surface area (Å²) in [7, 11) is 0. The topological polar surface area (TPSA) is 38.5 Å². The van der Waals surface area contributed by atoms with E-state index in [1.54, 1.807) is 0 Å². The first-order valence-electron chi connectivity index (χ1n) is 4.46. The highest BCUT2D eigenvalue weighted by atomic mass is 16.5. The van der Waals surface area contributed by atoms with E-state index in [0.29, 0.717) is 12.1 Å². The molecule has 0 aliphatic carbocycles. The molecular formula is C8H16N2O. The van der Waals surface area contributed by atoms with Crippen LogP contribution < -0.4 is 5.73 Å². The maximum atomic E-state index is 5.57. The number of nitrogens with two attached hydrogens (primary N) is 1. The molecule has 3 fully saturated rings. The van der Waals surface area contributed by atoms with Crippen molar-refractivity contribution in [1.29, 1.82) is 0 Å². The van der Waals surface area contributed by atoms with Gasteiger partial charge in [0.05, 0.1) is 12.7 Å². The second-order valence-corrected chi connectivity index (χ2v) is 3.47. The molecule has 2 N–H and O–H groups in total. The Morgan fingerprint density at radius 2 is 2.36 bits per heavy atom. The van der Waals surface area contributed by atoms with Crippen LogP contribution in [-0.4, -0.2) is 43.3 Å². The van der Waals surface area contributed by atoms with Crippen molar-refractivity contribution in [2.24, 2.45) is 5.73 Å². The Morgan fingerprint density at radius 3 is 2.82 bits per heavy atom. The van der Waals surface area contributed by atoms with Gasteiger partial charge in [0.15, 0.2) is 0 Å². The Labute approximate surface area is 67.5 Å². The van der Waals surface area contributed by atoms with Crippen LogP contribution in [-0.2, 0) is 4.74 Å². The summed E-state index contributed by atoms with van der Waals surface area (Å²) in [5.41, 5.74) is 5.51. The van der Waals surface area contributed by atoms with Crippen LogP contribution in [0.1, 0.15) is 12.8 Å². The lowest BCUT2D eigenvalue weighted by Crippen LogP contribution is -2.55. The van der Waals surface area contributed by atoms with E-state index in [9.17, 15) is 0 Å². The highest BCUT2D eigenvalue weighted by Crippen LogP contribution is 2.25. The Hall–Kier alpha value is -0.120. The Bertz CT molecular complexity index is 132. The van der Waals surface area contributed by atoms with Gasteiger partial charge in [0.1, 0.15) is 0 Å². The highest BCUT2D eigenvalue weighted by Gasteiger charge is 2.33. The van der Waals surface area contributed by atoms with E-state index in [1.807, 2.05) is 0 Å². The normalized spacial score (nSPS) is 37.9. The third-order valence-electron chi connectivity index (χ3n) is 2.72. The molecule has 3 heterocycles. The fourth-order valence-electron chi connectivity index (χ4n) is 2.07. The largest absolute Gasteiger partial charge is 0.375 e. The zero-order valence-electron chi connectivity index (χ0n) is 6.83. The first-order valence-corrected chi connectivity index (χ1v) is 4.46. The molecule has 11 heavy (non-hydrogen) atoms. The van der Waals surface area contributed by atoms with Crippen LogP contribution in [0.3, 0.4) is 0 Å². The number of hydrogen-bond donors (Lipinski definition) is 1. The third-order valence-corrected chi connectivity index (χ3v) is 2.72. The summed E-state index contributed by atoms with van der Waals surface area (Å²) in [6, 6.07) is 0.670. The number of piperidine rings is 1. The molecule has 3 aliphatic rings.